The van der Waals surface area contributed by atoms with Crippen molar-refractivity contribution in [2.45, 2.75) is 18.4 Å². The van der Waals surface area contributed by atoms with Crippen LogP contribution in [0.5, 0.6) is 0 Å². The van der Waals surface area contributed by atoms with E-state index in [4.69, 9.17) is 0 Å². The molecule has 1 aliphatic rings. The third-order valence-corrected chi connectivity index (χ3v) is 4.28. The van der Waals surface area contributed by atoms with Crippen LogP contribution in [0.25, 0.3) is 0 Å². The number of rotatable bonds is 4. The summed E-state index contributed by atoms with van der Waals surface area (Å²) in [6, 6.07) is 9.34. The smallest absolute Gasteiger partial charge is 0.267 e. The Morgan fingerprint density at radius 1 is 1.39 bits per heavy atom. The first-order valence-electron chi connectivity index (χ1n) is 7.85. The number of aryl methyl sites for hydroxylation is 1. The number of β-amino-alcohol motifs (C(OH)–C–C–N with tert-alkyl or cyclic N) is 1. The summed E-state index contributed by atoms with van der Waals surface area (Å²) < 4.78 is 1.76. The summed E-state index contributed by atoms with van der Waals surface area (Å²) in [6.45, 7) is 1.57. The second-order valence-corrected chi connectivity index (χ2v) is 6.12. The number of piperidine rings is 1. The Bertz CT molecular complexity index is 670. The highest BCUT2D eigenvalue weighted by molar-refractivity contribution is 5.92. The molecule has 3 heterocycles. The van der Waals surface area contributed by atoms with E-state index < -0.39 is 5.60 Å². The van der Waals surface area contributed by atoms with E-state index in [-0.39, 0.29) is 12.5 Å². The van der Waals surface area contributed by atoms with Gasteiger partial charge in [0.1, 0.15) is 11.5 Å². The van der Waals surface area contributed by atoms with Crippen molar-refractivity contribution in [2.75, 3.05) is 24.5 Å². The molecule has 0 aliphatic carbocycles. The zero-order valence-corrected chi connectivity index (χ0v) is 13.3. The van der Waals surface area contributed by atoms with Crippen molar-refractivity contribution in [3.63, 3.8) is 0 Å². The quantitative estimate of drug-likeness (QED) is 0.889. The molecule has 2 aromatic rings. The van der Waals surface area contributed by atoms with Gasteiger partial charge in [0.25, 0.3) is 5.91 Å². The largest absolute Gasteiger partial charge is 0.386 e. The Kier molecular flexibility index (Phi) is 4.34. The van der Waals surface area contributed by atoms with Crippen LogP contribution >= 0.6 is 0 Å². The molecule has 2 N–H and O–H groups in total. The average molecular weight is 314 g/mol. The van der Waals surface area contributed by atoms with Gasteiger partial charge in [-0.05, 0) is 37.1 Å². The van der Waals surface area contributed by atoms with Gasteiger partial charge in [0.05, 0.1) is 5.60 Å². The van der Waals surface area contributed by atoms with Crippen molar-refractivity contribution in [1.29, 1.82) is 0 Å². The molecule has 1 unspecified atom stereocenters. The number of hydrogen-bond acceptors (Lipinski definition) is 4. The van der Waals surface area contributed by atoms with Gasteiger partial charge in [0.15, 0.2) is 0 Å². The van der Waals surface area contributed by atoms with Gasteiger partial charge in [-0.15, -0.1) is 0 Å². The minimum atomic E-state index is -0.934. The fourth-order valence-corrected chi connectivity index (χ4v) is 3.03. The molecule has 6 heteroatoms. The zero-order chi connectivity index (χ0) is 16.3. The lowest BCUT2D eigenvalue weighted by Gasteiger charge is -2.39. The topological polar surface area (TPSA) is 70.4 Å². The van der Waals surface area contributed by atoms with E-state index in [9.17, 15) is 9.90 Å². The lowest BCUT2D eigenvalue weighted by molar-refractivity contribution is 0.0253. The number of hydrogen-bond donors (Lipinski definition) is 2. The molecule has 6 nitrogen and oxygen atoms in total. The second kappa shape index (κ2) is 6.42. The maximum Gasteiger partial charge on any atom is 0.267 e. The van der Waals surface area contributed by atoms with Crippen molar-refractivity contribution in [2.24, 2.45) is 7.05 Å². The molecule has 0 radical (unpaired) electrons. The lowest BCUT2D eigenvalue weighted by Crippen LogP contribution is -2.54. The van der Waals surface area contributed by atoms with Gasteiger partial charge < -0.3 is 19.9 Å². The number of amides is 1. The molecule has 0 aromatic carbocycles. The molecular formula is C17H22N4O2. The van der Waals surface area contributed by atoms with Crippen molar-refractivity contribution < 1.29 is 9.90 Å². The highest BCUT2D eigenvalue weighted by Crippen LogP contribution is 2.24. The Hall–Kier alpha value is -2.34. The van der Waals surface area contributed by atoms with E-state index in [1.165, 1.54) is 0 Å². The van der Waals surface area contributed by atoms with Crippen LogP contribution in [-0.2, 0) is 7.05 Å². The maximum atomic E-state index is 12.2. The first-order chi connectivity index (χ1) is 11.1. The number of carbonyl (C=O) groups excluding carboxylic acids is 1. The monoisotopic (exact) mass is 314 g/mol. The van der Waals surface area contributed by atoms with Crippen molar-refractivity contribution in [3.05, 3.63) is 48.4 Å². The first kappa shape index (κ1) is 15.6. The Morgan fingerprint density at radius 3 is 2.96 bits per heavy atom. The second-order valence-electron chi connectivity index (χ2n) is 6.12. The fourth-order valence-electron chi connectivity index (χ4n) is 3.03. The predicted molar refractivity (Wildman–Crippen MR) is 88.4 cm³/mol. The van der Waals surface area contributed by atoms with E-state index in [0.717, 1.165) is 18.8 Å². The summed E-state index contributed by atoms with van der Waals surface area (Å²) in [4.78, 5) is 18.6. The SMILES string of the molecule is Cn1cccc1C(=O)NCC1(O)CCCN(c2ccccn2)C1. The Morgan fingerprint density at radius 2 is 2.26 bits per heavy atom. The summed E-state index contributed by atoms with van der Waals surface area (Å²) in [6.07, 6.45) is 5.12. The number of aromatic nitrogens is 2. The number of carbonyl (C=O) groups is 1. The minimum absolute atomic E-state index is 0.166. The highest BCUT2D eigenvalue weighted by atomic mass is 16.3. The van der Waals surface area contributed by atoms with Crippen LogP contribution in [0.1, 0.15) is 23.3 Å². The van der Waals surface area contributed by atoms with Gasteiger partial charge in [-0.25, -0.2) is 4.98 Å². The molecule has 23 heavy (non-hydrogen) atoms. The third-order valence-electron chi connectivity index (χ3n) is 4.28. The lowest BCUT2D eigenvalue weighted by atomic mass is 9.92. The molecule has 1 atom stereocenters. The summed E-state index contributed by atoms with van der Waals surface area (Å²) >= 11 is 0. The summed E-state index contributed by atoms with van der Waals surface area (Å²) in [5.74, 6) is 0.695. The number of nitrogens with one attached hydrogen (secondary N) is 1. The molecule has 1 saturated heterocycles. The van der Waals surface area contributed by atoms with E-state index in [1.54, 1.807) is 16.8 Å². The Balaban J connectivity index is 1.62. The molecule has 0 spiro atoms. The summed E-state index contributed by atoms with van der Waals surface area (Å²) in [5.41, 5.74) is -0.345. The molecule has 1 fully saturated rings. The molecule has 1 amide bonds. The molecule has 0 bridgehead atoms. The van der Waals surface area contributed by atoms with Crippen LogP contribution in [0, 0.1) is 0 Å². The maximum absolute atomic E-state index is 12.2. The van der Waals surface area contributed by atoms with E-state index in [0.29, 0.717) is 18.7 Å². The van der Waals surface area contributed by atoms with Crippen LogP contribution in [0.15, 0.2) is 42.7 Å². The van der Waals surface area contributed by atoms with Crippen LogP contribution in [-0.4, -0.2) is 45.8 Å². The van der Waals surface area contributed by atoms with Crippen LogP contribution < -0.4 is 10.2 Å². The van der Waals surface area contributed by atoms with Gasteiger partial charge in [0, 0.05) is 39.1 Å². The molecule has 1 aliphatic heterocycles. The van der Waals surface area contributed by atoms with Gasteiger partial charge in [-0.2, -0.15) is 0 Å². The minimum Gasteiger partial charge on any atom is -0.386 e. The van der Waals surface area contributed by atoms with E-state index >= 15 is 0 Å². The molecular weight excluding hydrogens is 292 g/mol. The van der Waals surface area contributed by atoms with Crippen LogP contribution in [0.2, 0.25) is 0 Å². The van der Waals surface area contributed by atoms with Gasteiger partial charge in [0.2, 0.25) is 0 Å². The third kappa shape index (κ3) is 3.53. The normalized spacial score (nSPS) is 21.2. The summed E-state index contributed by atoms with van der Waals surface area (Å²) in [7, 11) is 1.83. The van der Waals surface area contributed by atoms with Crippen molar-refractivity contribution >= 4 is 11.7 Å². The van der Waals surface area contributed by atoms with Crippen molar-refractivity contribution in [1.82, 2.24) is 14.9 Å². The van der Waals surface area contributed by atoms with Gasteiger partial charge in [-0.3, -0.25) is 4.79 Å². The number of pyridine rings is 1. The van der Waals surface area contributed by atoms with Crippen LogP contribution in [0.3, 0.4) is 0 Å². The number of aliphatic hydroxyl groups is 1. The van der Waals surface area contributed by atoms with Gasteiger partial charge in [-0.1, -0.05) is 6.07 Å². The Labute approximate surface area is 135 Å². The number of nitrogens with zero attached hydrogens (tertiary/aromatic N) is 3. The first-order valence-corrected chi connectivity index (χ1v) is 7.85. The summed E-state index contributed by atoms with van der Waals surface area (Å²) in [5, 5.41) is 13.7. The molecule has 2 aromatic heterocycles. The van der Waals surface area contributed by atoms with Gasteiger partial charge >= 0.3 is 0 Å². The predicted octanol–water partition coefficient (Wildman–Crippen LogP) is 1.18. The molecule has 0 saturated carbocycles. The average Bonchev–Trinajstić information content (AvgIpc) is 3.00. The van der Waals surface area contributed by atoms with E-state index in [2.05, 4.69) is 15.2 Å². The highest BCUT2D eigenvalue weighted by Gasteiger charge is 2.34. The van der Waals surface area contributed by atoms with Crippen molar-refractivity contribution in [3.8, 4) is 0 Å². The number of anilines is 1. The van der Waals surface area contributed by atoms with Crippen LogP contribution in [0.4, 0.5) is 5.82 Å². The molecule has 122 valence electrons. The van der Waals surface area contributed by atoms with E-state index in [1.807, 2.05) is 37.5 Å². The zero-order valence-electron chi connectivity index (χ0n) is 13.3. The standard InChI is InChI=1S/C17H22N4O2/c1-20-10-4-6-14(20)16(22)19-12-17(23)8-5-11-21(13-17)15-7-2-3-9-18-15/h2-4,6-7,9-10,23H,5,8,11-13H2,1H3,(H,19,22). The molecule has 3 rings (SSSR count). The fraction of sp³-hybridized carbons (Fsp3) is 0.412.